The molecular formula is C23H23N5O. The van der Waals surface area contributed by atoms with Gasteiger partial charge >= 0.3 is 0 Å². The van der Waals surface area contributed by atoms with Crippen LogP contribution >= 0.6 is 0 Å². The van der Waals surface area contributed by atoms with Crippen LogP contribution in [0.25, 0.3) is 22.5 Å². The van der Waals surface area contributed by atoms with Crippen LogP contribution in [0.15, 0.2) is 65.4 Å². The molecule has 0 fully saturated rings. The van der Waals surface area contributed by atoms with Crippen LogP contribution in [0.3, 0.4) is 0 Å². The van der Waals surface area contributed by atoms with Crippen LogP contribution in [0, 0.1) is 0 Å². The van der Waals surface area contributed by atoms with Crippen molar-refractivity contribution in [1.29, 1.82) is 0 Å². The Morgan fingerprint density at radius 3 is 2.66 bits per heavy atom. The van der Waals surface area contributed by atoms with E-state index in [0.29, 0.717) is 0 Å². The topological polar surface area (TPSA) is 60.0 Å². The molecule has 6 nitrogen and oxygen atoms in total. The minimum atomic E-state index is 0.754. The number of nitrogens with zero attached hydrogens (tertiary/aromatic N) is 5. The first kappa shape index (κ1) is 17.8. The van der Waals surface area contributed by atoms with Crippen molar-refractivity contribution in [2.24, 2.45) is 7.05 Å². The van der Waals surface area contributed by atoms with Crippen molar-refractivity contribution in [3.05, 3.63) is 77.9 Å². The normalized spacial score (nSPS) is 14.5. The van der Waals surface area contributed by atoms with E-state index in [4.69, 9.17) is 9.62 Å². The van der Waals surface area contributed by atoms with Crippen molar-refractivity contribution in [2.75, 3.05) is 13.1 Å². The number of rotatable bonds is 4. The zero-order valence-corrected chi connectivity index (χ0v) is 16.5. The van der Waals surface area contributed by atoms with Crippen LogP contribution in [-0.4, -0.2) is 37.9 Å². The lowest BCUT2D eigenvalue weighted by atomic mass is 10.0. The van der Waals surface area contributed by atoms with Crippen molar-refractivity contribution >= 4 is 0 Å². The maximum Gasteiger partial charge on any atom is 0.151 e. The average molecular weight is 385 g/mol. The Labute approximate surface area is 169 Å². The number of hydrogen-bond donors (Lipinski definition) is 0. The molecule has 5 rings (SSSR count). The quantitative estimate of drug-likeness (QED) is 0.536. The van der Waals surface area contributed by atoms with Crippen LogP contribution in [0.1, 0.15) is 17.0 Å². The first-order valence-corrected chi connectivity index (χ1v) is 9.96. The molecule has 0 saturated heterocycles. The first-order chi connectivity index (χ1) is 14.3. The molecule has 4 aromatic rings. The van der Waals surface area contributed by atoms with Gasteiger partial charge in [0.2, 0.25) is 0 Å². The van der Waals surface area contributed by atoms with Crippen molar-refractivity contribution in [3.8, 4) is 22.5 Å². The molecule has 146 valence electrons. The zero-order valence-electron chi connectivity index (χ0n) is 16.5. The molecule has 0 saturated carbocycles. The molecular weight excluding hydrogens is 362 g/mol. The van der Waals surface area contributed by atoms with E-state index in [1.54, 1.807) is 12.4 Å². The van der Waals surface area contributed by atoms with E-state index >= 15 is 0 Å². The summed E-state index contributed by atoms with van der Waals surface area (Å²) in [6.07, 6.45) is 5.49. The maximum atomic E-state index is 5.59. The van der Waals surface area contributed by atoms with E-state index in [9.17, 15) is 0 Å². The van der Waals surface area contributed by atoms with Crippen LogP contribution in [0.4, 0.5) is 0 Å². The molecule has 1 aromatic carbocycles. The minimum absolute atomic E-state index is 0.754. The molecule has 0 atom stereocenters. The van der Waals surface area contributed by atoms with Gasteiger partial charge in [-0.05, 0) is 18.6 Å². The number of aryl methyl sites for hydroxylation is 1. The summed E-state index contributed by atoms with van der Waals surface area (Å²) in [6.45, 7) is 2.69. The second kappa shape index (κ2) is 7.64. The Morgan fingerprint density at radius 2 is 1.83 bits per heavy atom. The number of pyridine rings is 1. The lowest BCUT2D eigenvalue weighted by Gasteiger charge is -2.18. The van der Waals surface area contributed by atoms with E-state index in [1.807, 2.05) is 29.9 Å². The van der Waals surface area contributed by atoms with Crippen LogP contribution in [0.5, 0.6) is 0 Å². The van der Waals surface area contributed by atoms with E-state index in [2.05, 4.69) is 45.4 Å². The fraction of sp³-hybridized carbons (Fsp3) is 0.261. The number of aromatic nitrogens is 4. The van der Waals surface area contributed by atoms with Crippen molar-refractivity contribution in [3.63, 3.8) is 0 Å². The van der Waals surface area contributed by atoms with Gasteiger partial charge in [0.15, 0.2) is 5.76 Å². The molecule has 0 unspecified atom stereocenters. The summed E-state index contributed by atoms with van der Waals surface area (Å²) in [4.78, 5) is 6.58. The molecule has 0 radical (unpaired) electrons. The van der Waals surface area contributed by atoms with Crippen molar-refractivity contribution in [2.45, 2.75) is 19.4 Å². The Balaban J connectivity index is 1.32. The summed E-state index contributed by atoms with van der Waals surface area (Å²) in [6, 6.07) is 16.5. The van der Waals surface area contributed by atoms with E-state index < -0.39 is 0 Å². The van der Waals surface area contributed by atoms with Gasteiger partial charge in [0.1, 0.15) is 5.69 Å². The molecule has 0 bridgehead atoms. The van der Waals surface area contributed by atoms with E-state index in [1.165, 1.54) is 22.5 Å². The van der Waals surface area contributed by atoms with Gasteiger partial charge in [-0.15, -0.1) is 0 Å². The molecule has 1 aliphatic rings. The smallest absolute Gasteiger partial charge is 0.151 e. The SMILES string of the molecule is Cn1nc2c(c1-c1ccccc1)CCN(Cc1cc(-c3cccnc3)no1)CC2. The Morgan fingerprint density at radius 1 is 1.00 bits per heavy atom. The number of hydrogen-bond acceptors (Lipinski definition) is 5. The average Bonchev–Trinajstić information content (AvgIpc) is 3.30. The Kier molecular flexibility index (Phi) is 4.69. The monoisotopic (exact) mass is 385 g/mol. The predicted octanol–water partition coefficient (Wildman–Crippen LogP) is 3.74. The molecule has 0 N–H and O–H groups in total. The fourth-order valence-corrected chi connectivity index (χ4v) is 4.11. The van der Waals surface area contributed by atoms with Gasteiger partial charge in [0, 0.05) is 61.7 Å². The Hall–Kier alpha value is -3.25. The van der Waals surface area contributed by atoms with Crippen molar-refractivity contribution < 1.29 is 4.52 Å². The third-order valence-electron chi connectivity index (χ3n) is 5.51. The van der Waals surface area contributed by atoms with Gasteiger partial charge in [0.05, 0.1) is 17.9 Å². The molecule has 4 heterocycles. The molecule has 1 aliphatic heterocycles. The van der Waals surface area contributed by atoms with Crippen LogP contribution in [-0.2, 0) is 26.4 Å². The fourth-order valence-electron chi connectivity index (χ4n) is 4.11. The number of fused-ring (bicyclic) bond motifs is 1. The molecule has 0 aliphatic carbocycles. The summed E-state index contributed by atoms with van der Waals surface area (Å²) in [5.41, 5.74) is 6.86. The summed E-state index contributed by atoms with van der Waals surface area (Å²) in [7, 11) is 2.04. The zero-order chi connectivity index (χ0) is 19.6. The largest absolute Gasteiger partial charge is 0.359 e. The minimum Gasteiger partial charge on any atom is -0.359 e. The standard InChI is InChI=1S/C23H23N5O/c1-27-23(17-6-3-2-4-7-17)20-9-12-28(13-10-21(20)25-27)16-19-14-22(26-29-19)18-8-5-11-24-15-18/h2-8,11,14-15H,9-10,12-13,16H2,1H3. The van der Waals surface area contributed by atoms with E-state index in [-0.39, 0.29) is 0 Å². The Bertz CT molecular complexity index is 1100. The molecule has 29 heavy (non-hydrogen) atoms. The molecule has 0 spiro atoms. The highest BCUT2D eigenvalue weighted by molar-refractivity contribution is 5.65. The molecule has 3 aromatic heterocycles. The summed E-state index contributed by atoms with van der Waals surface area (Å²) < 4.78 is 7.63. The van der Waals surface area contributed by atoms with Gasteiger partial charge in [-0.2, -0.15) is 5.10 Å². The van der Waals surface area contributed by atoms with E-state index in [0.717, 1.165) is 49.5 Å². The van der Waals surface area contributed by atoms with Crippen molar-refractivity contribution in [1.82, 2.24) is 24.8 Å². The first-order valence-electron chi connectivity index (χ1n) is 9.96. The summed E-state index contributed by atoms with van der Waals surface area (Å²) in [5.74, 6) is 0.882. The second-order valence-electron chi connectivity index (χ2n) is 7.46. The van der Waals surface area contributed by atoms with Gasteiger partial charge in [-0.3, -0.25) is 14.6 Å². The van der Waals surface area contributed by atoms with Gasteiger partial charge < -0.3 is 4.52 Å². The van der Waals surface area contributed by atoms with Crippen LogP contribution in [0.2, 0.25) is 0 Å². The van der Waals surface area contributed by atoms with Gasteiger partial charge in [-0.1, -0.05) is 35.5 Å². The summed E-state index contributed by atoms with van der Waals surface area (Å²) in [5, 5.41) is 9.03. The second-order valence-corrected chi connectivity index (χ2v) is 7.46. The highest BCUT2D eigenvalue weighted by Crippen LogP contribution is 2.29. The highest BCUT2D eigenvalue weighted by Gasteiger charge is 2.23. The predicted molar refractivity (Wildman–Crippen MR) is 111 cm³/mol. The van der Waals surface area contributed by atoms with Gasteiger partial charge in [0.25, 0.3) is 0 Å². The van der Waals surface area contributed by atoms with Crippen LogP contribution < -0.4 is 0 Å². The molecule has 0 amide bonds. The van der Waals surface area contributed by atoms with Gasteiger partial charge in [-0.25, -0.2) is 0 Å². The molecule has 6 heteroatoms. The third kappa shape index (κ3) is 3.59. The highest BCUT2D eigenvalue weighted by atomic mass is 16.5. The maximum absolute atomic E-state index is 5.59. The number of benzene rings is 1. The lowest BCUT2D eigenvalue weighted by Crippen LogP contribution is -2.26. The third-order valence-corrected chi connectivity index (χ3v) is 5.51. The lowest BCUT2D eigenvalue weighted by molar-refractivity contribution is 0.240. The summed E-state index contributed by atoms with van der Waals surface area (Å²) >= 11 is 0.